The number of amides is 3. The lowest BCUT2D eigenvalue weighted by molar-refractivity contribution is -0.139. The molecule has 0 saturated carbocycles. The van der Waals surface area contributed by atoms with Gasteiger partial charge in [0, 0.05) is 37.1 Å². The molecule has 308 valence electrons. The van der Waals surface area contributed by atoms with E-state index in [2.05, 4.69) is 47.3 Å². The molecule has 0 aliphatic carbocycles. The van der Waals surface area contributed by atoms with E-state index in [1.54, 1.807) is 48.9 Å². The van der Waals surface area contributed by atoms with Gasteiger partial charge in [-0.15, -0.1) is 0 Å². The van der Waals surface area contributed by atoms with E-state index >= 15 is 0 Å². The number of hydrogen-bond donors (Lipinski definition) is 3. The lowest BCUT2D eigenvalue weighted by atomic mass is 10.00. The third-order valence-corrected chi connectivity index (χ3v) is 11.7. The van der Waals surface area contributed by atoms with E-state index in [0.29, 0.717) is 23.8 Å². The molecule has 14 nitrogen and oxygen atoms in total. The number of piperidine rings is 1. The zero-order valence-corrected chi connectivity index (χ0v) is 34.1. The molecule has 2 saturated heterocycles. The minimum atomic E-state index is -0.927. The summed E-state index contributed by atoms with van der Waals surface area (Å²) in [7, 11) is 2.94. The van der Waals surface area contributed by atoms with E-state index in [4.69, 9.17) is 9.72 Å². The Morgan fingerprint density at radius 1 is 0.733 bits per heavy atom. The molecule has 2 aliphatic rings. The maximum atomic E-state index is 14.3. The second-order valence-electron chi connectivity index (χ2n) is 15.4. The summed E-state index contributed by atoms with van der Waals surface area (Å²) in [6.07, 6.45) is 11.6. The summed E-state index contributed by atoms with van der Waals surface area (Å²) in [5.41, 5.74) is 5.83. The highest BCUT2D eigenvalue weighted by Crippen LogP contribution is 2.36. The fourth-order valence-corrected chi connectivity index (χ4v) is 8.24. The fourth-order valence-electron chi connectivity index (χ4n) is 8.24. The Hall–Kier alpha value is -6.67. The smallest absolute Gasteiger partial charge is 0.407 e. The van der Waals surface area contributed by atoms with Crippen LogP contribution in [0.1, 0.15) is 86.0 Å². The third kappa shape index (κ3) is 8.55. The second-order valence-corrected chi connectivity index (χ2v) is 15.4. The van der Waals surface area contributed by atoms with Gasteiger partial charge in [-0.2, -0.15) is 0 Å². The van der Waals surface area contributed by atoms with Crippen molar-refractivity contribution in [1.82, 2.24) is 49.9 Å². The summed E-state index contributed by atoms with van der Waals surface area (Å²) in [6, 6.07) is 25.3. The van der Waals surface area contributed by atoms with Crippen molar-refractivity contribution in [1.29, 1.82) is 0 Å². The molecule has 8 rings (SSSR count). The van der Waals surface area contributed by atoms with Gasteiger partial charge < -0.3 is 29.8 Å². The Morgan fingerprint density at radius 2 is 1.37 bits per heavy atom. The number of carbonyl (C=O) groups is 3. The van der Waals surface area contributed by atoms with E-state index in [-0.39, 0.29) is 23.9 Å². The van der Waals surface area contributed by atoms with Gasteiger partial charge in [-0.1, -0.05) is 91.3 Å². The van der Waals surface area contributed by atoms with Crippen LogP contribution in [0.5, 0.6) is 0 Å². The highest BCUT2D eigenvalue weighted by atomic mass is 16.5. The maximum Gasteiger partial charge on any atom is 0.407 e. The summed E-state index contributed by atoms with van der Waals surface area (Å²) in [5.74, 6) is 1.79. The first kappa shape index (κ1) is 40.1. The molecule has 3 amide bonds. The number of likely N-dealkylation sites (tertiary alicyclic amines) is 2. The Labute approximate surface area is 349 Å². The van der Waals surface area contributed by atoms with Crippen LogP contribution in [0.2, 0.25) is 0 Å². The zero-order valence-electron chi connectivity index (χ0n) is 34.1. The van der Waals surface area contributed by atoms with Gasteiger partial charge in [-0.3, -0.25) is 14.5 Å². The Morgan fingerprint density at radius 3 is 2.05 bits per heavy atom. The normalized spacial score (nSPS) is 17.1. The van der Waals surface area contributed by atoms with E-state index in [9.17, 15) is 14.4 Å². The van der Waals surface area contributed by atoms with E-state index in [1.165, 1.54) is 13.5 Å². The number of benzene rings is 3. The van der Waals surface area contributed by atoms with Crippen molar-refractivity contribution in [2.45, 2.75) is 63.2 Å². The molecule has 0 radical (unpaired) electrons. The lowest BCUT2D eigenvalue weighted by Crippen LogP contribution is -2.44. The number of carbonyl (C=O) groups excluding carboxylic acids is 3. The van der Waals surface area contributed by atoms with Crippen LogP contribution in [0.3, 0.4) is 0 Å². The number of nitrogens with zero attached hydrogens (tertiary/aromatic N) is 7. The molecule has 0 bridgehead atoms. The number of aromatic nitrogens is 6. The molecule has 0 spiro atoms. The predicted molar refractivity (Wildman–Crippen MR) is 227 cm³/mol. The minimum absolute atomic E-state index is 0.124. The van der Waals surface area contributed by atoms with Crippen LogP contribution in [0.25, 0.3) is 33.9 Å². The van der Waals surface area contributed by atoms with Gasteiger partial charge in [0.2, 0.25) is 11.8 Å². The van der Waals surface area contributed by atoms with Gasteiger partial charge >= 0.3 is 6.09 Å². The zero-order chi connectivity index (χ0) is 41.6. The van der Waals surface area contributed by atoms with Gasteiger partial charge in [0.25, 0.3) is 0 Å². The Bertz CT molecular complexity index is 2380. The van der Waals surface area contributed by atoms with Crippen molar-refractivity contribution in [2.24, 2.45) is 0 Å². The summed E-state index contributed by atoms with van der Waals surface area (Å²) < 4.78 is 4.78. The van der Waals surface area contributed by atoms with Gasteiger partial charge in [0.05, 0.1) is 43.0 Å². The molecular weight excluding hydrogens is 757 g/mol. The monoisotopic (exact) mass is 806 g/mol. The van der Waals surface area contributed by atoms with Crippen LogP contribution in [0, 0.1) is 0 Å². The summed E-state index contributed by atoms with van der Waals surface area (Å²) >= 11 is 0. The van der Waals surface area contributed by atoms with Crippen LogP contribution >= 0.6 is 0 Å². The minimum Gasteiger partial charge on any atom is -0.453 e. The average molecular weight is 807 g/mol. The van der Waals surface area contributed by atoms with Crippen molar-refractivity contribution in [2.75, 3.05) is 33.8 Å². The van der Waals surface area contributed by atoms with Crippen molar-refractivity contribution >= 4 is 17.9 Å². The van der Waals surface area contributed by atoms with Gasteiger partial charge in [0.1, 0.15) is 23.7 Å². The van der Waals surface area contributed by atoms with E-state index in [0.717, 1.165) is 78.2 Å². The number of imidazole rings is 2. The molecular formula is C46H50N10O4. The number of ether oxygens (including phenoxy) is 1. The number of H-pyrrole nitrogens is 2. The highest BCUT2D eigenvalue weighted by molar-refractivity contribution is 5.87. The molecule has 2 aliphatic heterocycles. The topological polar surface area (TPSA) is 165 Å². The molecule has 2 fully saturated rings. The average Bonchev–Trinajstić information content (AvgIpc) is 4.11. The van der Waals surface area contributed by atoms with Crippen LogP contribution < -0.4 is 5.32 Å². The predicted octanol–water partition coefficient (Wildman–Crippen LogP) is 7.43. The largest absolute Gasteiger partial charge is 0.453 e. The van der Waals surface area contributed by atoms with Crippen LogP contribution in [0.15, 0.2) is 110 Å². The number of methoxy groups -OCH3 is 1. The summed E-state index contributed by atoms with van der Waals surface area (Å²) in [4.78, 5) is 71.6. The molecule has 0 unspecified atom stereocenters. The summed E-state index contributed by atoms with van der Waals surface area (Å²) in [6.45, 7) is 4.44. The van der Waals surface area contributed by atoms with E-state index < -0.39 is 18.2 Å². The molecule has 14 heteroatoms. The molecule has 3 aromatic heterocycles. The van der Waals surface area contributed by atoms with Crippen LogP contribution in [-0.4, -0.2) is 96.3 Å². The van der Waals surface area contributed by atoms with Crippen LogP contribution in [0.4, 0.5) is 4.79 Å². The second kappa shape index (κ2) is 18.1. The first-order valence-electron chi connectivity index (χ1n) is 20.6. The molecule has 6 aromatic rings. The van der Waals surface area contributed by atoms with Crippen molar-refractivity contribution in [3.05, 3.63) is 132 Å². The molecule has 4 atom stereocenters. The van der Waals surface area contributed by atoms with Gasteiger partial charge in [-0.05, 0) is 62.4 Å². The molecule has 3 aromatic carbocycles. The third-order valence-electron chi connectivity index (χ3n) is 11.7. The first-order chi connectivity index (χ1) is 29.3. The number of aromatic amines is 2. The molecule has 5 heterocycles. The number of hydrogen-bond acceptors (Lipinski definition) is 9. The summed E-state index contributed by atoms with van der Waals surface area (Å²) in [5, 5.41) is 2.65. The van der Waals surface area contributed by atoms with E-state index in [1.807, 2.05) is 72.5 Å². The van der Waals surface area contributed by atoms with Crippen molar-refractivity contribution in [3.63, 3.8) is 0 Å². The number of rotatable bonds is 12. The van der Waals surface area contributed by atoms with Crippen LogP contribution in [-0.2, 0) is 14.3 Å². The quantitative estimate of drug-likeness (QED) is 0.114. The standard InChI is InChI=1S/C46H50N10O4/c1-30(54(2)44(57)39(53-46(59)60-3)32-14-7-4-8-15-32)41-49-28-36(51-41)31-19-21-34(22-20-31)42-47-26-35(27-48-42)37-29-50-43(52-37)38-18-13-25-56(38)45(58)40(33-16-9-5-10-17-33)55-23-11-6-12-24-55/h4-5,7-10,14-17,19-22,26-30,38-40H,6,11-13,18,23-25H2,1-3H3,(H,49,51)(H,50,52)(H,53,59)/t30-,38+,39+,40+/m0/s1. The number of alkyl carbamates (subject to hydrolysis) is 1. The number of likely N-dealkylation sites (N-methyl/N-ethyl adjacent to an activating group) is 1. The highest BCUT2D eigenvalue weighted by Gasteiger charge is 2.39. The Kier molecular flexibility index (Phi) is 12.1. The van der Waals surface area contributed by atoms with Gasteiger partial charge in [-0.25, -0.2) is 24.7 Å². The molecule has 3 N–H and O–H groups in total. The van der Waals surface area contributed by atoms with Crippen molar-refractivity contribution in [3.8, 4) is 33.9 Å². The maximum absolute atomic E-state index is 14.3. The van der Waals surface area contributed by atoms with Gasteiger partial charge in [0.15, 0.2) is 5.82 Å². The Balaban J connectivity index is 0.919. The fraction of sp³-hybridized carbons (Fsp3) is 0.326. The first-order valence-corrected chi connectivity index (χ1v) is 20.6. The SMILES string of the molecule is COC(=O)N[C@@H](C(=O)N(C)[C@@H](C)c1ncc(-c2ccc(-c3ncc(-c4cnc([C@H]5CCCN5C(=O)[C@@H](c5ccccc5)N5CCCCC5)[nH]4)cn3)cc2)[nH]1)c1ccccc1. The lowest BCUT2D eigenvalue weighted by Gasteiger charge is -2.37. The molecule has 60 heavy (non-hydrogen) atoms. The van der Waals surface area contributed by atoms with Crippen molar-refractivity contribution < 1.29 is 19.1 Å². The number of nitrogens with one attached hydrogen (secondary N) is 3.